The first kappa shape index (κ1) is 23.1. The van der Waals surface area contributed by atoms with E-state index in [1.807, 2.05) is 19.9 Å². The van der Waals surface area contributed by atoms with Crippen LogP contribution < -0.4 is 20.1 Å². The third kappa shape index (κ3) is 5.55. The molecule has 0 aliphatic rings. The van der Waals surface area contributed by atoms with Gasteiger partial charge in [0, 0.05) is 17.7 Å². The summed E-state index contributed by atoms with van der Waals surface area (Å²) in [5.41, 5.74) is 1.34. The van der Waals surface area contributed by atoms with Gasteiger partial charge in [-0.2, -0.15) is 0 Å². The van der Waals surface area contributed by atoms with E-state index in [0.29, 0.717) is 33.6 Å². The number of aromatic nitrogens is 4. The van der Waals surface area contributed by atoms with Crippen molar-refractivity contribution >= 4 is 35.0 Å². The van der Waals surface area contributed by atoms with Crippen LogP contribution in [-0.2, 0) is 4.79 Å². The first-order chi connectivity index (χ1) is 15.4. The minimum Gasteiger partial charge on any atom is -0.494 e. The van der Waals surface area contributed by atoms with Gasteiger partial charge in [-0.25, -0.2) is 4.68 Å². The summed E-state index contributed by atoms with van der Waals surface area (Å²) in [6, 6.07) is 12.1. The topological polar surface area (TPSA) is 120 Å². The highest BCUT2D eigenvalue weighted by Gasteiger charge is 2.17. The van der Waals surface area contributed by atoms with Crippen molar-refractivity contribution in [3.8, 4) is 11.5 Å². The Morgan fingerprint density at radius 3 is 2.25 bits per heavy atom. The van der Waals surface area contributed by atoms with E-state index in [0.717, 1.165) is 0 Å². The Morgan fingerprint density at radius 1 is 1.03 bits per heavy atom. The van der Waals surface area contributed by atoms with E-state index in [1.165, 1.54) is 26.0 Å². The van der Waals surface area contributed by atoms with Gasteiger partial charge < -0.3 is 20.1 Å². The van der Waals surface area contributed by atoms with Crippen LogP contribution in [0.3, 0.4) is 0 Å². The second-order valence-corrected chi connectivity index (χ2v) is 7.85. The van der Waals surface area contributed by atoms with Crippen molar-refractivity contribution < 1.29 is 19.1 Å². The molecule has 32 heavy (non-hydrogen) atoms. The molecule has 3 aromatic rings. The van der Waals surface area contributed by atoms with Gasteiger partial charge in [0.2, 0.25) is 11.1 Å². The number of hydrogen-bond acceptors (Lipinski definition) is 8. The third-order valence-corrected chi connectivity index (χ3v) is 5.30. The maximum atomic E-state index is 12.5. The number of hydrogen-bond donors (Lipinski definition) is 2. The quantitative estimate of drug-likeness (QED) is 0.471. The number of nitrogens with zero attached hydrogens (tertiary/aromatic N) is 4. The van der Waals surface area contributed by atoms with E-state index in [4.69, 9.17) is 9.47 Å². The molecule has 168 valence electrons. The standard InChI is InChI=1S/C21H24N6O4S/c1-13(2)27-21(24-25-26-27)32-12-19(28)22-15-10-18(31-4)16(11-17(15)30-3)23-20(29)14-8-6-5-7-9-14/h5-11,13H,12H2,1-4H3,(H,22,28)(H,23,29). The molecule has 0 radical (unpaired) electrons. The summed E-state index contributed by atoms with van der Waals surface area (Å²) in [6.07, 6.45) is 0. The Morgan fingerprint density at radius 2 is 1.66 bits per heavy atom. The van der Waals surface area contributed by atoms with Crippen molar-refractivity contribution in [3.05, 3.63) is 48.0 Å². The van der Waals surface area contributed by atoms with E-state index in [2.05, 4.69) is 26.2 Å². The van der Waals surface area contributed by atoms with Gasteiger partial charge in [0.05, 0.1) is 37.4 Å². The Bertz CT molecular complexity index is 1090. The summed E-state index contributed by atoms with van der Waals surface area (Å²) in [7, 11) is 2.96. The number of tetrazole rings is 1. The van der Waals surface area contributed by atoms with Gasteiger partial charge in [-0.1, -0.05) is 30.0 Å². The molecule has 0 fully saturated rings. The average molecular weight is 457 g/mol. The van der Waals surface area contributed by atoms with E-state index in [9.17, 15) is 9.59 Å². The number of thioether (sulfide) groups is 1. The Hall–Kier alpha value is -3.60. The van der Waals surface area contributed by atoms with Crippen molar-refractivity contribution in [2.75, 3.05) is 30.6 Å². The largest absolute Gasteiger partial charge is 0.494 e. The van der Waals surface area contributed by atoms with Gasteiger partial charge in [0.25, 0.3) is 5.91 Å². The molecule has 0 spiro atoms. The molecule has 3 rings (SSSR count). The van der Waals surface area contributed by atoms with Crippen LogP contribution in [0.25, 0.3) is 0 Å². The van der Waals surface area contributed by atoms with Crippen LogP contribution >= 0.6 is 11.8 Å². The lowest BCUT2D eigenvalue weighted by Crippen LogP contribution is -2.17. The van der Waals surface area contributed by atoms with E-state index >= 15 is 0 Å². The van der Waals surface area contributed by atoms with E-state index in [-0.39, 0.29) is 23.6 Å². The van der Waals surface area contributed by atoms with Crippen molar-refractivity contribution in [2.24, 2.45) is 0 Å². The predicted molar refractivity (Wildman–Crippen MR) is 121 cm³/mol. The number of benzene rings is 2. The number of methoxy groups -OCH3 is 2. The molecule has 0 saturated heterocycles. The Labute approximate surface area is 189 Å². The minimum absolute atomic E-state index is 0.0820. The summed E-state index contributed by atoms with van der Waals surface area (Å²) >= 11 is 1.23. The molecule has 0 saturated carbocycles. The molecular formula is C21H24N6O4S. The monoisotopic (exact) mass is 456 g/mol. The van der Waals surface area contributed by atoms with Crippen molar-refractivity contribution in [2.45, 2.75) is 25.0 Å². The van der Waals surface area contributed by atoms with Gasteiger partial charge in [-0.05, 0) is 36.4 Å². The number of amides is 2. The highest BCUT2D eigenvalue weighted by molar-refractivity contribution is 7.99. The zero-order valence-electron chi connectivity index (χ0n) is 18.2. The van der Waals surface area contributed by atoms with Gasteiger partial charge in [-0.15, -0.1) is 5.10 Å². The summed E-state index contributed by atoms with van der Waals surface area (Å²) < 4.78 is 12.5. The maximum absolute atomic E-state index is 12.5. The van der Waals surface area contributed by atoms with Crippen LogP contribution in [0.1, 0.15) is 30.2 Å². The zero-order valence-corrected chi connectivity index (χ0v) is 19.0. The summed E-state index contributed by atoms with van der Waals surface area (Å²) in [6.45, 7) is 3.91. The second-order valence-electron chi connectivity index (χ2n) is 6.91. The van der Waals surface area contributed by atoms with Crippen LogP contribution in [0.2, 0.25) is 0 Å². The fourth-order valence-corrected chi connectivity index (χ4v) is 3.60. The maximum Gasteiger partial charge on any atom is 0.255 e. The number of carbonyl (C=O) groups excluding carboxylic acids is 2. The number of rotatable bonds is 9. The van der Waals surface area contributed by atoms with E-state index < -0.39 is 0 Å². The molecule has 2 amide bonds. The lowest BCUT2D eigenvalue weighted by atomic mass is 10.2. The van der Waals surface area contributed by atoms with Crippen molar-refractivity contribution in [1.82, 2.24) is 20.2 Å². The smallest absolute Gasteiger partial charge is 0.255 e. The summed E-state index contributed by atoms with van der Waals surface area (Å²) in [5, 5.41) is 17.7. The van der Waals surface area contributed by atoms with Crippen molar-refractivity contribution in [3.63, 3.8) is 0 Å². The van der Waals surface area contributed by atoms with Crippen LogP contribution in [0.15, 0.2) is 47.6 Å². The summed E-state index contributed by atoms with van der Waals surface area (Å²) in [4.78, 5) is 25.0. The van der Waals surface area contributed by atoms with Gasteiger partial charge in [0.1, 0.15) is 11.5 Å². The Balaban J connectivity index is 1.73. The molecule has 10 nitrogen and oxygen atoms in total. The molecule has 1 aromatic heterocycles. The molecule has 1 heterocycles. The lowest BCUT2D eigenvalue weighted by Gasteiger charge is -2.16. The zero-order chi connectivity index (χ0) is 23.1. The molecule has 2 N–H and O–H groups in total. The van der Waals surface area contributed by atoms with Crippen molar-refractivity contribution in [1.29, 1.82) is 0 Å². The van der Waals surface area contributed by atoms with E-state index in [1.54, 1.807) is 41.1 Å². The van der Waals surface area contributed by atoms with Crippen LogP contribution in [0, 0.1) is 0 Å². The molecule has 0 unspecified atom stereocenters. The van der Waals surface area contributed by atoms with Crippen LogP contribution in [0.4, 0.5) is 11.4 Å². The number of carbonyl (C=O) groups is 2. The summed E-state index contributed by atoms with van der Waals surface area (Å²) in [5.74, 6) is 0.295. The first-order valence-corrected chi connectivity index (χ1v) is 10.7. The number of ether oxygens (including phenoxy) is 2. The van der Waals surface area contributed by atoms with Gasteiger partial charge in [0.15, 0.2) is 0 Å². The third-order valence-electron chi connectivity index (χ3n) is 4.36. The average Bonchev–Trinajstić information content (AvgIpc) is 3.28. The highest BCUT2D eigenvalue weighted by atomic mass is 32.2. The SMILES string of the molecule is COc1cc(NC(=O)c2ccccc2)c(OC)cc1NC(=O)CSc1nnnn1C(C)C. The lowest BCUT2D eigenvalue weighted by molar-refractivity contribution is -0.113. The normalized spacial score (nSPS) is 10.7. The highest BCUT2D eigenvalue weighted by Crippen LogP contribution is 2.36. The number of anilines is 2. The predicted octanol–water partition coefficient (Wildman–Crippen LogP) is 3.25. The first-order valence-electron chi connectivity index (χ1n) is 9.75. The molecule has 0 aliphatic carbocycles. The van der Waals surface area contributed by atoms with Crippen LogP contribution in [-0.4, -0.2) is 52.0 Å². The van der Waals surface area contributed by atoms with Gasteiger partial charge >= 0.3 is 0 Å². The Kier molecular flexibility index (Phi) is 7.66. The van der Waals surface area contributed by atoms with Gasteiger partial charge in [-0.3, -0.25) is 9.59 Å². The minimum atomic E-state index is -0.290. The molecule has 0 atom stereocenters. The fourth-order valence-electron chi connectivity index (χ4n) is 2.80. The molecular weight excluding hydrogens is 432 g/mol. The molecule has 2 aromatic carbocycles. The fraction of sp³-hybridized carbons (Fsp3) is 0.286. The molecule has 0 bridgehead atoms. The molecule has 11 heteroatoms. The number of nitrogens with one attached hydrogen (secondary N) is 2. The molecule has 0 aliphatic heterocycles. The van der Waals surface area contributed by atoms with Crippen LogP contribution in [0.5, 0.6) is 11.5 Å². The second kappa shape index (κ2) is 10.6.